The van der Waals surface area contributed by atoms with Crippen molar-refractivity contribution >= 4 is 0 Å². The first kappa shape index (κ1) is 10.4. The second kappa shape index (κ2) is 4.18. The molecule has 0 saturated heterocycles. The van der Waals surface area contributed by atoms with Gasteiger partial charge in [0.05, 0.1) is 0 Å². The number of nitrogens with two attached hydrogens (primary N) is 1. The highest BCUT2D eigenvalue weighted by molar-refractivity contribution is 4.94. The number of hydrogen-bond acceptors (Lipinski definition) is 3. The normalized spacial score (nSPS) is 20.3. The smallest absolute Gasteiger partial charge is 0.330 e. The number of nitrogens with one attached hydrogen (secondary N) is 2. The van der Waals surface area contributed by atoms with Crippen molar-refractivity contribution < 1.29 is 0 Å². The number of rotatable bonds is 3. The molecule has 1 fully saturated rings. The van der Waals surface area contributed by atoms with Gasteiger partial charge in [-0.05, 0) is 24.8 Å². The summed E-state index contributed by atoms with van der Waals surface area (Å²) in [4.78, 5) is 13.6. The molecule has 1 saturated carbocycles. The summed E-state index contributed by atoms with van der Waals surface area (Å²) in [5, 5.41) is 6.35. The molecule has 0 spiro atoms. The molecule has 0 unspecified atom stereocenters. The van der Waals surface area contributed by atoms with Gasteiger partial charge in [-0.15, -0.1) is 0 Å². The maximum absolute atomic E-state index is 10.9. The van der Waals surface area contributed by atoms with Crippen LogP contribution < -0.4 is 11.4 Å². The van der Waals surface area contributed by atoms with E-state index in [0.29, 0.717) is 6.54 Å². The lowest BCUT2D eigenvalue weighted by molar-refractivity contribution is 0.194. The summed E-state index contributed by atoms with van der Waals surface area (Å²) in [7, 11) is 0. The van der Waals surface area contributed by atoms with Crippen LogP contribution in [0, 0.1) is 5.41 Å². The molecule has 1 heterocycles. The summed E-state index contributed by atoms with van der Waals surface area (Å²) < 4.78 is 0. The SMILES string of the molecule is NCC1(Cc2n[nH]c(=O)[nH]2)CCCCC1. The number of hydrogen-bond donors (Lipinski definition) is 3. The van der Waals surface area contributed by atoms with Crippen LogP contribution in [0.4, 0.5) is 0 Å². The van der Waals surface area contributed by atoms with Crippen molar-refractivity contribution in [3.8, 4) is 0 Å². The molecule has 1 aromatic heterocycles. The van der Waals surface area contributed by atoms with Crippen LogP contribution in [0.2, 0.25) is 0 Å². The average Bonchev–Trinajstić information content (AvgIpc) is 2.65. The molecular formula is C10H18N4O. The van der Waals surface area contributed by atoms with Crippen LogP contribution in [0.15, 0.2) is 4.79 Å². The van der Waals surface area contributed by atoms with Crippen molar-refractivity contribution in [1.82, 2.24) is 15.2 Å². The molecule has 1 aliphatic carbocycles. The van der Waals surface area contributed by atoms with Crippen LogP contribution in [-0.2, 0) is 6.42 Å². The first-order chi connectivity index (χ1) is 7.24. The lowest BCUT2D eigenvalue weighted by atomic mass is 9.72. The quantitative estimate of drug-likeness (QED) is 0.680. The number of aromatic nitrogens is 3. The molecule has 2 rings (SSSR count). The topological polar surface area (TPSA) is 87.6 Å². The molecule has 1 aliphatic rings. The highest BCUT2D eigenvalue weighted by Gasteiger charge is 2.31. The summed E-state index contributed by atoms with van der Waals surface area (Å²) in [5.74, 6) is 0.743. The number of aromatic amines is 2. The predicted molar refractivity (Wildman–Crippen MR) is 57.5 cm³/mol. The third-order valence-corrected chi connectivity index (χ3v) is 3.44. The van der Waals surface area contributed by atoms with Crippen molar-refractivity contribution in [3.63, 3.8) is 0 Å². The van der Waals surface area contributed by atoms with Gasteiger partial charge in [-0.2, -0.15) is 5.10 Å². The first-order valence-corrected chi connectivity index (χ1v) is 5.58. The predicted octanol–water partition coefficient (Wildman–Crippen LogP) is 0.550. The van der Waals surface area contributed by atoms with E-state index in [2.05, 4.69) is 15.2 Å². The van der Waals surface area contributed by atoms with Crippen molar-refractivity contribution in [2.45, 2.75) is 38.5 Å². The Kier molecular flexibility index (Phi) is 2.90. The molecule has 4 N–H and O–H groups in total. The molecule has 0 radical (unpaired) electrons. The molecule has 5 nitrogen and oxygen atoms in total. The monoisotopic (exact) mass is 210 g/mol. The van der Waals surface area contributed by atoms with Gasteiger partial charge in [0.15, 0.2) is 0 Å². The van der Waals surface area contributed by atoms with Crippen molar-refractivity contribution in [3.05, 3.63) is 16.3 Å². The van der Waals surface area contributed by atoms with Crippen molar-refractivity contribution in [2.75, 3.05) is 6.54 Å². The van der Waals surface area contributed by atoms with Gasteiger partial charge in [0, 0.05) is 6.42 Å². The van der Waals surface area contributed by atoms with Gasteiger partial charge in [0.2, 0.25) is 0 Å². The summed E-state index contributed by atoms with van der Waals surface area (Å²) in [6.07, 6.45) is 6.88. The zero-order chi connectivity index (χ0) is 10.7. The van der Waals surface area contributed by atoms with E-state index in [1.165, 1.54) is 19.3 Å². The van der Waals surface area contributed by atoms with E-state index in [1.807, 2.05) is 0 Å². The lowest BCUT2D eigenvalue weighted by Gasteiger charge is -2.35. The molecule has 0 aliphatic heterocycles. The van der Waals surface area contributed by atoms with E-state index >= 15 is 0 Å². The van der Waals surface area contributed by atoms with Crippen LogP contribution in [0.25, 0.3) is 0 Å². The van der Waals surface area contributed by atoms with Gasteiger partial charge in [0.1, 0.15) is 5.82 Å². The standard InChI is InChI=1S/C10H18N4O/c11-7-10(4-2-1-3-5-10)6-8-12-9(15)14-13-8/h1-7,11H2,(H2,12,13,14,15). The van der Waals surface area contributed by atoms with Crippen LogP contribution >= 0.6 is 0 Å². The van der Waals surface area contributed by atoms with E-state index in [0.717, 1.165) is 25.1 Å². The Morgan fingerprint density at radius 3 is 2.60 bits per heavy atom. The van der Waals surface area contributed by atoms with Gasteiger partial charge in [-0.25, -0.2) is 9.89 Å². The highest BCUT2D eigenvalue weighted by atomic mass is 16.1. The van der Waals surface area contributed by atoms with Gasteiger partial charge in [-0.1, -0.05) is 19.3 Å². The van der Waals surface area contributed by atoms with Gasteiger partial charge < -0.3 is 5.73 Å². The highest BCUT2D eigenvalue weighted by Crippen LogP contribution is 2.37. The van der Waals surface area contributed by atoms with E-state index < -0.39 is 0 Å². The Balaban J connectivity index is 2.09. The molecule has 5 heteroatoms. The van der Waals surface area contributed by atoms with Crippen LogP contribution in [-0.4, -0.2) is 21.7 Å². The van der Waals surface area contributed by atoms with Crippen molar-refractivity contribution in [1.29, 1.82) is 0 Å². The van der Waals surface area contributed by atoms with E-state index in [1.54, 1.807) is 0 Å². The third kappa shape index (κ3) is 2.28. The Labute approximate surface area is 88.5 Å². The largest absolute Gasteiger partial charge is 0.340 e. The van der Waals surface area contributed by atoms with Gasteiger partial charge >= 0.3 is 5.69 Å². The Morgan fingerprint density at radius 1 is 1.33 bits per heavy atom. The lowest BCUT2D eigenvalue weighted by Crippen LogP contribution is -2.35. The van der Waals surface area contributed by atoms with Crippen LogP contribution in [0.1, 0.15) is 37.9 Å². The Bertz CT molecular complexity index is 361. The van der Waals surface area contributed by atoms with Crippen LogP contribution in [0.3, 0.4) is 0 Å². The minimum absolute atomic E-state index is 0.163. The number of H-pyrrole nitrogens is 2. The molecule has 0 aromatic carbocycles. The van der Waals surface area contributed by atoms with Gasteiger partial charge in [0.25, 0.3) is 0 Å². The fourth-order valence-corrected chi connectivity index (χ4v) is 2.50. The summed E-state index contributed by atoms with van der Waals surface area (Å²) >= 11 is 0. The first-order valence-electron chi connectivity index (χ1n) is 5.58. The molecule has 0 atom stereocenters. The summed E-state index contributed by atoms with van der Waals surface area (Å²) in [6, 6.07) is 0. The number of nitrogens with zero attached hydrogens (tertiary/aromatic N) is 1. The Hall–Kier alpha value is -1.10. The molecule has 1 aromatic rings. The minimum Gasteiger partial charge on any atom is -0.330 e. The fourth-order valence-electron chi connectivity index (χ4n) is 2.50. The second-order valence-electron chi connectivity index (χ2n) is 4.57. The minimum atomic E-state index is -0.229. The zero-order valence-electron chi connectivity index (χ0n) is 8.88. The molecule has 0 amide bonds. The van der Waals surface area contributed by atoms with E-state index in [-0.39, 0.29) is 11.1 Å². The maximum atomic E-state index is 10.9. The summed E-state index contributed by atoms with van der Waals surface area (Å²) in [5.41, 5.74) is 5.80. The maximum Gasteiger partial charge on any atom is 0.340 e. The van der Waals surface area contributed by atoms with Gasteiger partial charge in [-0.3, -0.25) is 4.98 Å². The molecular weight excluding hydrogens is 192 g/mol. The van der Waals surface area contributed by atoms with Crippen molar-refractivity contribution in [2.24, 2.45) is 11.1 Å². The fraction of sp³-hybridized carbons (Fsp3) is 0.800. The van der Waals surface area contributed by atoms with Crippen LogP contribution in [0.5, 0.6) is 0 Å². The molecule has 15 heavy (non-hydrogen) atoms. The zero-order valence-corrected chi connectivity index (χ0v) is 8.88. The Morgan fingerprint density at radius 2 is 2.07 bits per heavy atom. The van der Waals surface area contributed by atoms with E-state index in [4.69, 9.17) is 5.73 Å². The summed E-state index contributed by atoms with van der Waals surface area (Å²) in [6.45, 7) is 0.682. The van der Waals surface area contributed by atoms with E-state index in [9.17, 15) is 4.79 Å². The second-order valence-corrected chi connectivity index (χ2v) is 4.57. The molecule has 84 valence electrons. The average molecular weight is 210 g/mol. The third-order valence-electron chi connectivity index (χ3n) is 3.44. The molecule has 0 bridgehead atoms.